The first-order valence-corrected chi connectivity index (χ1v) is 7.29. The standard InChI is InChI=1S/C14H24N2O4/c1-14(2)8-11(5-7-20-14)15-13(19)16-6-3-4-10(9-16)12(17)18/h10-11H,3-9H2,1-2H3,(H,15,19)(H,17,18). The van der Waals surface area contributed by atoms with Gasteiger partial charge in [0.1, 0.15) is 0 Å². The van der Waals surface area contributed by atoms with E-state index >= 15 is 0 Å². The van der Waals surface area contributed by atoms with Crippen molar-refractivity contribution in [2.24, 2.45) is 5.92 Å². The molecule has 2 aliphatic rings. The van der Waals surface area contributed by atoms with E-state index in [-0.39, 0.29) is 17.7 Å². The Morgan fingerprint density at radius 1 is 1.35 bits per heavy atom. The number of nitrogens with zero attached hydrogens (tertiary/aromatic N) is 1. The molecule has 0 aliphatic carbocycles. The molecule has 2 rings (SSSR count). The number of ether oxygens (including phenoxy) is 1. The number of hydrogen-bond donors (Lipinski definition) is 2. The maximum absolute atomic E-state index is 12.2. The van der Waals surface area contributed by atoms with Crippen molar-refractivity contribution in [1.82, 2.24) is 10.2 Å². The molecule has 0 aromatic heterocycles. The number of amides is 2. The van der Waals surface area contributed by atoms with Crippen LogP contribution in [0.25, 0.3) is 0 Å². The molecule has 0 aromatic rings. The number of likely N-dealkylation sites (tertiary alicyclic amines) is 1. The van der Waals surface area contributed by atoms with Gasteiger partial charge in [0.15, 0.2) is 0 Å². The van der Waals surface area contributed by atoms with Crippen LogP contribution in [0.2, 0.25) is 0 Å². The predicted octanol–water partition coefficient (Wildman–Crippen LogP) is 1.45. The first-order chi connectivity index (χ1) is 9.37. The highest BCUT2D eigenvalue weighted by molar-refractivity contribution is 5.76. The molecule has 0 radical (unpaired) electrons. The highest BCUT2D eigenvalue weighted by Crippen LogP contribution is 2.24. The molecule has 2 amide bonds. The van der Waals surface area contributed by atoms with E-state index in [1.165, 1.54) is 0 Å². The Bertz CT molecular complexity index is 383. The van der Waals surface area contributed by atoms with Gasteiger partial charge in [0.2, 0.25) is 0 Å². The van der Waals surface area contributed by atoms with E-state index in [0.29, 0.717) is 26.1 Å². The Kier molecular flexibility index (Phi) is 4.52. The molecular formula is C14H24N2O4. The predicted molar refractivity (Wildman–Crippen MR) is 73.5 cm³/mol. The smallest absolute Gasteiger partial charge is 0.317 e. The van der Waals surface area contributed by atoms with Crippen LogP contribution < -0.4 is 5.32 Å². The number of carbonyl (C=O) groups is 2. The van der Waals surface area contributed by atoms with Crippen LogP contribution in [0, 0.1) is 5.92 Å². The zero-order valence-electron chi connectivity index (χ0n) is 12.2. The molecule has 2 N–H and O–H groups in total. The Morgan fingerprint density at radius 3 is 2.75 bits per heavy atom. The number of aliphatic carboxylic acids is 1. The molecule has 2 atom stereocenters. The second kappa shape index (κ2) is 5.99. The van der Waals surface area contributed by atoms with Gasteiger partial charge in [0.05, 0.1) is 11.5 Å². The second-order valence-corrected chi connectivity index (χ2v) is 6.37. The first kappa shape index (κ1) is 15.1. The summed E-state index contributed by atoms with van der Waals surface area (Å²) in [6.45, 7) is 5.64. The molecule has 2 fully saturated rings. The van der Waals surface area contributed by atoms with Gasteiger partial charge < -0.3 is 20.1 Å². The third-order valence-corrected chi connectivity index (χ3v) is 4.08. The zero-order valence-corrected chi connectivity index (χ0v) is 12.2. The Morgan fingerprint density at radius 2 is 2.10 bits per heavy atom. The monoisotopic (exact) mass is 284 g/mol. The first-order valence-electron chi connectivity index (χ1n) is 7.29. The molecule has 6 nitrogen and oxygen atoms in total. The number of carboxylic acids is 1. The fraction of sp³-hybridized carbons (Fsp3) is 0.857. The molecule has 114 valence electrons. The van der Waals surface area contributed by atoms with Crippen LogP contribution in [0.5, 0.6) is 0 Å². The van der Waals surface area contributed by atoms with Crippen LogP contribution in [0.1, 0.15) is 39.5 Å². The van der Waals surface area contributed by atoms with Gasteiger partial charge in [-0.1, -0.05) is 0 Å². The molecular weight excluding hydrogens is 260 g/mol. The molecule has 2 aliphatic heterocycles. The van der Waals surface area contributed by atoms with Gasteiger partial charge in [-0.2, -0.15) is 0 Å². The zero-order chi connectivity index (χ0) is 14.8. The van der Waals surface area contributed by atoms with Crippen LogP contribution in [0.15, 0.2) is 0 Å². The lowest BCUT2D eigenvalue weighted by atomic mass is 9.94. The summed E-state index contributed by atoms with van der Waals surface area (Å²) in [4.78, 5) is 24.9. The number of hydrogen-bond acceptors (Lipinski definition) is 3. The highest BCUT2D eigenvalue weighted by Gasteiger charge is 2.32. The van der Waals surface area contributed by atoms with Crippen molar-refractivity contribution in [3.8, 4) is 0 Å². The maximum atomic E-state index is 12.2. The molecule has 6 heteroatoms. The minimum atomic E-state index is -0.810. The minimum Gasteiger partial charge on any atom is -0.481 e. The Hall–Kier alpha value is -1.30. The molecule has 0 aromatic carbocycles. The van der Waals surface area contributed by atoms with E-state index < -0.39 is 11.9 Å². The summed E-state index contributed by atoms with van der Waals surface area (Å²) in [6.07, 6.45) is 3.01. The van der Waals surface area contributed by atoms with Crippen LogP contribution in [0.3, 0.4) is 0 Å². The summed E-state index contributed by atoms with van der Waals surface area (Å²) in [5.41, 5.74) is -0.207. The topological polar surface area (TPSA) is 78.9 Å². The summed E-state index contributed by atoms with van der Waals surface area (Å²) in [7, 11) is 0. The number of rotatable bonds is 2. The van der Waals surface area contributed by atoms with Crippen molar-refractivity contribution in [3.63, 3.8) is 0 Å². The number of carbonyl (C=O) groups excluding carboxylic acids is 1. The lowest BCUT2D eigenvalue weighted by molar-refractivity contribution is -0.143. The molecule has 2 heterocycles. The van der Waals surface area contributed by atoms with E-state index in [0.717, 1.165) is 19.3 Å². The number of urea groups is 1. The second-order valence-electron chi connectivity index (χ2n) is 6.37. The van der Waals surface area contributed by atoms with E-state index in [4.69, 9.17) is 9.84 Å². The van der Waals surface area contributed by atoms with E-state index in [9.17, 15) is 9.59 Å². The summed E-state index contributed by atoms with van der Waals surface area (Å²) in [5, 5.41) is 12.1. The van der Waals surface area contributed by atoms with Crippen molar-refractivity contribution < 1.29 is 19.4 Å². The highest BCUT2D eigenvalue weighted by atomic mass is 16.5. The van der Waals surface area contributed by atoms with Gasteiger partial charge >= 0.3 is 12.0 Å². The molecule has 0 spiro atoms. The van der Waals surface area contributed by atoms with Crippen molar-refractivity contribution in [1.29, 1.82) is 0 Å². The van der Waals surface area contributed by atoms with Crippen LogP contribution >= 0.6 is 0 Å². The lowest BCUT2D eigenvalue weighted by Gasteiger charge is -2.37. The van der Waals surface area contributed by atoms with E-state index in [2.05, 4.69) is 5.32 Å². The SMILES string of the molecule is CC1(C)CC(NC(=O)N2CCCC(C(=O)O)C2)CCO1. The lowest BCUT2D eigenvalue weighted by Crippen LogP contribution is -2.52. The van der Waals surface area contributed by atoms with Gasteiger partial charge in [-0.3, -0.25) is 4.79 Å². The summed E-state index contributed by atoms with van der Waals surface area (Å²) < 4.78 is 5.63. The van der Waals surface area contributed by atoms with Gasteiger partial charge in [-0.15, -0.1) is 0 Å². The van der Waals surface area contributed by atoms with Crippen molar-refractivity contribution in [2.75, 3.05) is 19.7 Å². The average Bonchev–Trinajstić information content (AvgIpc) is 2.37. The molecule has 0 saturated carbocycles. The Labute approximate surface area is 119 Å². The summed E-state index contributed by atoms with van der Waals surface area (Å²) in [6, 6.07) is -0.0323. The van der Waals surface area contributed by atoms with Crippen molar-refractivity contribution >= 4 is 12.0 Å². The van der Waals surface area contributed by atoms with E-state index in [1.807, 2.05) is 13.8 Å². The van der Waals surface area contributed by atoms with Gasteiger partial charge in [0, 0.05) is 25.7 Å². The maximum Gasteiger partial charge on any atom is 0.317 e. The number of nitrogens with one attached hydrogen (secondary N) is 1. The van der Waals surface area contributed by atoms with Gasteiger partial charge in [-0.05, 0) is 39.5 Å². The van der Waals surface area contributed by atoms with Crippen LogP contribution in [0.4, 0.5) is 4.79 Å². The van der Waals surface area contributed by atoms with Gasteiger partial charge in [0.25, 0.3) is 0 Å². The van der Waals surface area contributed by atoms with Crippen molar-refractivity contribution in [3.05, 3.63) is 0 Å². The molecule has 2 unspecified atom stereocenters. The quantitative estimate of drug-likeness (QED) is 0.804. The summed E-state index contributed by atoms with van der Waals surface area (Å²) >= 11 is 0. The van der Waals surface area contributed by atoms with Crippen LogP contribution in [-0.2, 0) is 9.53 Å². The fourth-order valence-electron chi connectivity index (χ4n) is 2.98. The van der Waals surface area contributed by atoms with Crippen molar-refractivity contribution in [2.45, 2.75) is 51.2 Å². The summed E-state index contributed by atoms with van der Waals surface area (Å²) in [5.74, 6) is -1.24. The molecule has 20 heavy (non-hydrogen) atoms. The fourth-order valence-corrected chi connectivity index (χ4v) is 2.98. The third-order valence-electron chi connectivity index (χ3n) is 4.08. The normalized spacial score (nSPS) is 29.8. The molecule has 0 bridgehead atoms. The average molecular weight is 284 g/mol. The van der Waals surface area contributed by atoms with E-state index in [1.54, 1.807) is 4.90 Å². The minimum absolute atomic E-state index is 0.108. The van der Waals surface area contributed by atoms with Gasteiger partial charge in [-0.25, -0.2) is 4.79 Å². The number of piperidine rings is 1. The third kappa shape index (κ3) is 3.85. The van der Waals surface area contributed by atoms with Crippen LogP contribution in [-0.4, -0.2) is 53.3 Å². The largest absolute Gasteiger partial charge is 0.481 e. The molecule has 2 saturated heterocycles. The Balaban J connectivity index is 1.86. The number of carboxylic acid groups (broad SMARTS) is 1.